The van der Waals surface area contributed by atoms with Crippen LogP contribution in [-0.4, -0.2) is 5.11 Å². The van der Waals surface area contributed by atoms with Gasteiger partial charge in [-0.15, -0.1) is 0 Å². The molecule has 0 atom stereocenters. The average Bonchev–Trinajstić information content (AvgIpc) is 2.40. The first-order valence-electron chi connectivity index (χ1n) is 5.74. The van der Waals surface area contributed by atoms with Crippen LogP contribution in [0.4, 0.5) is 18.9 Å². The van der Waals surface area contributed by atoms with Crippen LogP contribution >= 0.6 is 0 Å². The van der Waals surface area contributed by atoms with Crippen molar-refractivity contribution in [1.82, 2.24) is 0 Å². The first-order valence-corrected chi connectivity index (χ1v) is 5.74. The van der Waals surface area contributed by atoms with Crippen LogP contribution < -0.4 is 10.5 Å². The van der Waals surface area contributed by atoms with Crippen molar-refractivity contribution in [3.63, 3.8) is 0 Å². The summed E-state index contributed by atoms with van der Waals surface area (Å²) < 4.78 is 43.2. The smallest absolute Gasteiger partial charge is 0.416 e. The average molecular weight is 283 g/mol. The predicted molar refractivity (Wildman–Crippen MR) is 68.3 cm³/mol. The molecule has 3 nitrogen and oxygen atoms in total. The molecule has 3 N–H and O–H groups in total. The van der Waals surface area contributed by atoms with Gasteiger partial charge in [-0.1, -0.05) is 6.07 Å². The maximum atomic E-state index is 12.6. The van der Waals surface area contributed by atoms with Gasteiger partial charge in [0.1, 0.15) is 11.5 Å². The summed E-state index contributed by atoms with van der Waals surface area (Å²) in [6.45, 7) is -0.320. The molecular weight excluding hydrogens is 271 g/mol. The van der Waals surface area contributed by atoms with Crippen molar-refractivity contribution in [2.75, 3.05) is 5.73 Å². The maximum Gasteiger partial charge on any atom is 0.416 e. The highest BCUT2D eigenvalue weighted by Gasteiger charge is 2.30. The number of rotatable bonds is 3. The van der Waals surface area contributed by atoms with Gasteiger partial charge in [0.05, 0.1) is 12.2 Å². The van der Waals surface area contributed by atoms with E-state index >= 15 is 0 Å². The van der Waals surface area contributed by atoms with E-state index in [-0.39, 0.29) is 18.1 Å². The van der Waals surface area contributed by atoms with Crippen molar-refractivity contribution in [3.05, 3.63) is 53.6 Å². The van der Waals surface area contributed by atoms with E-state index in [1.165, 1.54) is 24.3 Å². The summed E-state index contributed by atoms with van der Waals surface area (Å²) in [5, 5.41) is 9.19. The van der Waals surface area contributed by atoms with Crippen molar-refractivity contribution >= 4 is 5.69 Å². The number of aliphatic hydroxyl groups excluding tert-OH is 1. The molecule has 0 aliphatic carbocycles. The van der Waals surface area contributed by atoms with E-state index in [1.54, 1.807) is 6.07 Å². The fourth-order valence-electron chi connectivity index (χ4n) is 1.69. The van der Waals surface area contributed by atoms with Gasteiger partial charge < -0.3 is 15.6 Å². The molecule has 0 saturated carbocycles. The fourth-order valence-corrected chi connectivity index (χ4v) is 1.69. The Labute approximate surface area is 113 Å². The summed E-state index contributed by atoms with van der Waals surface area (Å²) in [6, 6.07) is 9.08. The zero-order valence-electron chi connectivity index (χ0n) is 10.3. The first-order chi connectivity index (χ1) is 9.40. The number of anilines is 1. The van der Waals surface area contributed by atoms with E-state index in [2.05, 4.69) is 0 Å². The van der Waals surface area contributed by atoms with Gasteiger partial charge in [-0.25, -0.2) is 0 Å². The summed E-state index contributed by atoms with van der Waals surface area (Å²) in [4.78, 5) is 0. The summed E-state index contributed by atoms with van der Waals surface area (Å²) in [7, 11) is 0. The van der Waals surface area contributed by atoms with E-state index in [9.17, 15) is 18.3 Å². The number of hydrogen-bond donors (Lipinski definition) is 2. The Morgan fingerprint density at radius 2 is 1.85 bits per heavy atom. The van der Waals surface area contributed by atoms with Gasteiger partial charge in [0, 0.05) is 11.3 Å². The molecule has 0 unspecified atom stereocenters. The van der Waals surface area contributed by atoms with Crippen LogP contribution in [0.25, 0.3) is 0 Å². The molecule has 2 aromatic carbocycles. The number of halogens is 3. The van der Waals surface area contributed by atoms with Crippen molar-refractivity contribution in [2.24, 2.45) is 0 Å². The molecule has 6 heteroatoms. The summed E-state index contributed by atoms with van der Waals surface area (Å²) in [5.74, 6) is 0.306. The lowest BCUT2D eigenvalue weighted by molar-refractivity contribution is -0.137. The molecule has 0 aromatic heterocycles. The standard InChI is InChI=1S/C14H12F3NO2/c15-14(16,17)10-2-1-3-12(7-10)20-13-5-4-11(18)6-9(13)8-19/h1-7,19H,8,18H2. The zero-order chi connectivity index (χ0) is 14.8. The SMILES string of the molecule is Nc1ccc(Oc2cccc(C(F)(F)F)c2)c(CO)c1. The number of alkyl halides is 3. The topological polar surface area (TPSA) is 55.5 Å². The molecule has 0 radical (unpaired) electrons. The van der Waals surface area contributed by atoms with E-state index in [0.717, 1.165) is 12.1 Å². The van der Waals surface area contributed by atoms with Gasteiger partial charge in [0.25, 0.3) is 0 Å². The Bertz CT molecular complexity index is 612. The van der Waals surface area contributed by atoms with Gasteiger partial charge in [0.2, 0.25) is 0 Å². The number of benzene rings is 2. The summed E-state index contributed by atoms with van der Waals surface area (Å²) in [6.07, 6.45) is -4.43. The highest BCUT2D eigenvalue weighted by Crippen LogP contribution is 2.33. The van der Waals surface area contributed by atoms with Crippen LogP contribution in [0.5, 0.6) is 11.5 Å². The van der Waals surface area contributed by atoms with Crippen LogP contribution in [0.3, 0.4) is 0 Å². The number of nitrogen functional groups attached to an aromatic ring is 1. The lowest BCUT2D eigenvalue weighted by Crippen LogP contribution is -2.04. The van der Waals surface area contributed by atoms with Gasteiger partial charge in [-0.05, 0) is 36.4 Å². The quantitative estimate of drug-likeness (QED) is 0.847. The minimum atomic E-state index is -4.43. The summed E-state index contributed by atoms with van der Waals surface area (Å²) >= 11 is 0. The van der Waals surface area contributed by atoms with Crippen molar-refractivity contribution in [3.8, 4) is 11.5 Å². The number of aliphatic hydroxyl groups is 1. The van der Waals surface area contributed by atoms with Crippen molar-refractivity contribution in [2.45, 2.75) is 12.8 Å². The lowest BCUT2D eigenvalue weighted by atomic mass is 10.2. The van der Waals surface area contributed by atoms with Crippen LogP contribution in [0.1, 0.15) is 11.1 Å². The Balaban J connectivity index is 2.31. The van der Waals surface area contributed by atoms with Crippen LogP contribution in [0.2, 0.25) is 0 Å². The monoisotopic (exact) mass is 283 g/mol. The third-order valence-corrected chi connectivity index (χ3v) is 2.64. The molecule has 106 valence electrons. The number of nitrogens with two attached hydrogens (primary N) is 1. The van der Waals surface area contributed by atoms with E-state index in [4.69, 9.17) is 10.5 Å². The highest BCUT2D eigenvalue weighted by molar-refractivity contribution is 5.49. The second-order valence-electron chi connectivity index (χ2n) is 4.15. The molecule has 0 amide bonds. The molecule has 20 heavy (non-hydrogen) atoms. The van der Waals surface area contributed by atoms with Crippen LogP contribution in [-0.2, 0) is 12.8 Å². The Morgan fingerprint density at radius 1 is 1.10 bits per heavy atom. The summed E-state index contributed by atoms with van der Waals surface area (Å²) in [5.41, 5.74) is 5.61. The van der Waals surface area contributed by atoms with Crippen molar-refractivity contribution in [1.29, 1.82) is 0 Å². The normalized spacial score (nSPS) is 11.4. The molecule has 2 aromatic rings. The second-order valence-corrected chi connectivity index (χ2v) is 4.15. The Hall–Kier alpha value is -2.21. The minimum Gasteiger partial charge on any atom is -0.457 e. The van der Waals surface area contributed by atoms with Gasteiger partial charge in [-0.3, -0.25) is 0 Å². The van der Waals surface area contributed by atoms with E-state index in [1.807, 2.05) is 0 Å². The first kappa shape index (κ1) is 14.2. The highest BCUT2D eigenvalue weighted by atomic mass is 19.4. The molecule has 0 saturated heterocycles. The van der Waals surface area contributed by atoms with Gasteiger partial charge in [-0.2, -0.15) is 13.2 Å². The largest absolute Gasteiger partial charge is 0.457 e. The lowest BCUT2D eigenvalue weighted by Gasteiger charge is -2.12. The van der Waals surface area contributed by atoms with Gasteiger partial charge in [0.15, 0.2) is 0 Å². The Kier molecular flexibility index (Phi) is 3.85. The minimum absolute atomic E-state index is 0.0410. The van der Waals surface area contributed by atoms with E-state index < -0.39 is 11.7 Å². The second kappa shape index (κ2) is 5.42. The number of ether oxygens (including phenoxy) is 1. The van der Waals surface area contributed by atoms with Crippen LogP contribution in [0.15, 0.2) is 42.5 Å². The maximum absolute atomic E-state index is 12.6. The molecule has 2 rings (SSSR count). The molecule has 0 aliphatic heterocycles. The zero-order valence-corrected chi connectivity index (χ0v) is 10.3. The molecule has 0 aliphatic rings. The molecule has 0 fully saturated rings. The predicted octanol–water partition coefficient (Wildman–Crippen LogP) is 3.57. The third-order valence-electron chi connectivity index (χ3n) is 2.64. The number of hydrogen-bond acceptors (Lipinski definition) is 3. The molecule has 0 heterocycles. The van der Waals surface area contributed by atoms with Gasteiger partial charge >= 0.3 is 6.18 Å². The van der Waals surface area contributed by atoms with E-state index in [0.29, 0.717) is 11.3 Å². The van der Waals surface area contributed by atoms with Crippen LogP contribution in [0, 0.1) is 0 Å². The molecular formula is C14H12F3NO2. The third kappa shape index (κ3) is 3.21. The fraction of sp³-hybridized carbons (Fsp3) is 0.143. The molecule has 0 spiro atoms. The molecule has 0 bridgehead atoms. The van der Waals surface area contributed by atoms with Crippen molar-refractivity contribution < 1.29 is 23.0 Å². The Morgan fingerprint density at radius 3 is 2.50 bits per heavy atom.